The van der Waals surface area contributed by atoms with E-state index in [2.05, 4.69) is 12.1 Å². The summed E-state index contributed by atoms with van der Waals surface area (Å²) in [5, 5.41) is 0. The first-order chi connectivity index (χ1) is 13.0. The highest BCUT2D eigenvalue weighted by molar-refractivity contribution is 5.80. The molecule has 0 bridgehead atoms. The van der Waals surface area contributed by atoms with Gasteiger partial charge in [-0.15, -0.1) is 0 Å². The second-order valence-corrected chi connectivity index (χ2v) is 7.10. The van der Waals surface area contributed by atoms with Crippen molar-refractivity contribution in [3.05, 3.63) is 71.8 Å². The Labute approximate surface area is 161 Å². The standard InChI is InChI=1S/C23H27O4/c1-23(2,27-18-24)21(20-15-9-4-10-16-20)22(25)26-17-11-5-8-14-19-12-6-3-7-13-19/h3-4,6-7,9-10,12-13,15-16,21H,5,8,11,14,17H2,1-2H3. The third-order valence-corrected chi connectivity index (χ3v) is 4.57. The summed E-state index contributed by atoms with van der Waals surface area (Å²) in [6.45, 7) is 5.20. The zero-order chi connectivity index (χ0) is 19.5. The molecule has 0 aliphatic rings. The van der Waals surface area contributed by atoms with E-state index in [1.807, 2.05) is 48.5 Å². The number of ether oxygens (including phenoxy) is 2. The molecule has 1 radical (unpaired) electrons. The summed E-state index contributed by atoms with van der Waals surface area (Å²) in [5.41, 5.74) is 1.04. The Balaban J connectivity index is 1.84. The number of carbonyl (C=O) groups excluding carboxylic acids is 2. The van der Waals surface area contributed by atoms with Gasteiger partial charge in [0.15, 0.2) is 0 Å². The Morgan fingerprint density at radius 2 is 1.59 bits per heavy atom. The zero-order valence-electron chi connectivity index (χ0n) is 16.0. The molecule has 0 saturated carbocycles. The van der Waals surface area contributed by atoms with E-state index in [1.54, 1.807) is 13.8 Å². The van der Waals surface area contributed by atoms with Crippen LogP contribution in [0.2, 0.25) is 0 Å². The molecule has 27 heavy (non-hydrogen) atoms. The quantitative estimate of drug-likeness (QED) is 0.431. The minimum absolute atomic E-state index is 0.359. The van der Waals surface area contributed by atoms with Crippen LogP contribution < -0.4 is 0 Å². The summed E-state index contributed by atoms with van der Waals surface area (Å²) in [6, 6.07) is 19.6. The van der Waals surface area contributed by atoms with Gasteiger partial charge in [-0.3, -0.25) is 4.79 Å². The molecule has 2 rings (SSSR count). The van der Waals surface area contributed by atoms with Gasteiger partial charge in [-0.05, 0) is 50.7 Å². The van der Waals surface area contributed by atoms with Crippen LogP contribution in [0.1, 0.15) is 50.2 Å². The van der Waals surface area contributed by atoms with Crippen LogP contribution in [-0.4, -0.2) is 24.6 Å². The first kappa shape index (κ1) is 20.7. The number of rotatable bonds is 11. The van der Waals surface area contributed by atoms with Crippen molar-refractivity contribution in [2.75, 3.05) is 6.61 Å². The van der Waals surface area contributed by atoms with Crippen LogP contribution >= 0.6 is 0 Å². The van der Waals surface area contributed by atoms with Crippen molar-refractivity contribution in [3.63, 3.8) is 0 Å². The van der Waals surface area contributed by atoms with Gasteiger partial charge in [0.1, 0.15) is 11.5 Å². The van der Waals surface area contributed by atoms with Crippen LogP contribution in [0.3, 0.4) is 0 Å². The van der Waals surface area contributed by atoms with Gasteiger partial charge in [0, 0.05) is 0 Å². The van der Waals surface area contributed by atoms with Crippen molar-refractivity contribution in [2.24, 2.45) is 0 Å². The Kier molecular flexibility index (Phi) is 8.05. The summed E-state index contributed by atoms with van der Waals surface area (Å²) >= 11 is 0. The number of benzene rings is 2. The van der Waals surface area contributed by atoms with Gasteiger partial charge in [-0.1, -0.05) is 60.7 Å². The monoisotopic (exact) mass is 367 g/mol. The van der Waals surface area contributed by atoms with Crippen LogP contribution in [0, 0.1) is 0 Å². The molecule has 0 aromatic heterocycles. The lowest BCUT2D eigenvalue weighted by Crippen LogP contribution is -2.38. The molecule has 0 amide bonds. The second kappa shape index (κ2) is 10.5. The Morgan fingerprint density at radius 3 is 2.22 bits per heavy atom. The van der Waals surface area contributed by atoms with Gasteiger partial charge in [0.05, 0.1) is 6.61 Å². The maximum Gasteiger partial charge on any atom is 0.418 e. The molecule has 0 saturated heterocycles. The van der Waals surface area contributed by atoms with Crippen LogP contribution in [-0.2, 0) is 25.5 Å². The number of hydrogen-bond acceptors (Lipinski definition) is 4. The first-order valence-electron chi connectivity index (χ1n) is 9.35. The average Bonchev–Trinajstić information content (AvgIpc) is 2.66. The predicted octanol–water partition coefficient (Wildman–Crippen LogP) is 4.59. The van der Waals surface area contributed by atoms with Crippen molar-refractivity contribution < 1.29 is 19.1 Å². The average molecular weight is 367 g/mol. The molecule has 0 N–H and O–H groups in total. The largest absolute Gasteiger partial charge is 0.465 e. The number of aryl methyl sites for hydroxylation is 1. The summed E-state index contributed by atoms with van der Waals surface area (Å²) in [5.74, 6) is -1.08. The fourth-order valence-electron chi connectivity index (χ4n) is 3.14. The Bertz CT molecular complexity index is 695. The van der Waals surface area contributed by atoms with Crippen molar-refractivity contribution in [1.82, 2.24) is 0 Å². The highest BCUT2D eigenvalue weighted by Gasteiger charge is 2.39. The van der Waals surface area contributed by atoms with Gasteiger partial charge < -0.3 is 9.47 Å². The molecule has 0 aliphatic carbocycles. The Morgan fingerprint density at radius 1 is 0.963 bits per heavy atom. The number of hydrogen-bond donors (Lipinski definition) is 0. The van der Waals surface area contributed by atoms with Gasteiger partial charge in [-0.2, -0.15) is 0 Å². The van der Waals surface area contributed by atoms with E-state index in [4.69, 9.17) is 9.47 Å². The molecule has 0 aliphatic heterocycles. The van der Waals surface area contributed by atoms with Gasteiger partial charge in [0.25, 0.3) is 0 Å². The van der Waals surface area contributed by atoms with E-state index in [9.17, 15) is 9.59 Å². The SMILES string of the molecule is CC(C)(O[C]=O)C(C(=O)OCCCCCc1ccccc1)c1ccccc1. The molecular weight excluding hydrogens is 340 g/mol. The molecule has 2 aromatic rings. The fraction of sp³-hybridized carbons (Fsp3) is 0.391. The third-order valence-electron chi connectivity index (χ3n) is 4.57. The summed E-state index contributed by atoms with van der Waals surface area (Å²) in [4.78, 5) is 23.4. The molecule has 2 aromatic carbocycles. The Hall–Kier alpha value is -2.62. The van der Waals surface area contributed by atoms with E-state index in [0.29, 0.717) is 6.61 Å². The van der Waals surface area contributed by atoms with Gasteiger partial charge in [-0.25, -0.2) is 4.79 Å². The zero-order valence-corrected chi connectivity index (χ0v) is 16.0. The van der Waals surface area contributed by atoms with E-state index < -0.39 is 11.5 Å². The van der Waals surface area contributed by atoms with Crippen LogP contribution in [0.25, 0.3) is 0 Å². The van der Waals surface area contributed by atoms with Crippen LogP contribution in [0.5, 0.6) is 0 Å². The first-order valence-corrected chi connectivity index (χ1v) is 9.35. The van der Waals surface area contributed by atoms with E-state index in [0.717, 1.165) is 31.2 Å². The minimum atomic E-state index is -1.03. The second-order valence-electron chi connectivity index (χ2n) is 7.10. The van der Waals surface area contributed by atoms with Gasteiger partial charge >= 0.3 is 12.4 Å². The highest BCUT2D eigenvalue weighted by atomic mass is 16.6. The van der Waals surface area contributed by atoms with Crippen LogP contribution in [0.4, 0.5) is 0 Å². The normalized spacial score (nSPS) is 12.2. The molecule has 0 fully saturated rings. The van der Waals surface area contributed by atoms with E-state index in [1.165, 1.54) is 12.0 Å². The number of carbonyl (C=O) groups is 1. The lowest BCUT2D eigenvalue weighted by atomic mass is 9.84. The molecule has 4 nitrogen and oxygen atoms in total. The topological polar surface area (TPSA) is 52.6 Å². The molecule has 1 unspecified atom stereocenters. The van der Waals surface area contributed by atoms with Crippen molar-refractivity contribution >= 4 is 12.4 Å². The molecule has 0 heterocycles. The summed E-state index contributed by atoms with van der Waals surface area (Å²) < 4.78 is 10.5. The predicted molar refractivity (Wildman–Crippen MR) is 105 cm³/mol. The molecule has 0 spiro atoms. The molecule has 1 atom stereocenters. The summed E-state index contributed by atoms with van der Waals surface area (Å²) in [7, 11) is 0. The van der Waals surface area contributed by atoms with Crippen LogP contribution in [0.15, 0.2) is 60.7 Å². The lowest BCUT2D eigenvalue weighted by Gasteiger charge is -2.30. The van der Waals surface area contributed by atoms with Crippen molar-refractivity contribution in [2.45, 2.75) is 51.0 Å². The maximum atomic E-state index is 12.7. The van der Waals surface area contributed by atoms with E-state index in [-0.39, 0.29) is 5.97 Å². The molecule has 4 heteroatoms. The third kappa shape index (κ3) is 6.55. The lowest BCUT2D eigenvalue weighted by molar-refractivity contribution is -0.150. The van der Waals surface area contributed by atoms with Crippen molar-refractivity contribution in [3.8, 4) is 0 Å². The van der Waals surface area contributed by atoms with Gasteiger partial charge in [0.2, 0.25) is 0 Å². The fourth-order valence-corrected chi connectivity index (χ4v) is 3.14. The van der Waals surface area contributed by atoms with E-state index >= 15 is 0 Å². The number of unbranched alkanes of at least 4 members (excludes halogenated alkanes) is 2. The number of esters is 1. The summed E-state index contributed by atoms with van der Waals surface area (Å²) in [6.07, 6.45) is 3.87. The molecule has 143 valence electrons. The van der Waals surface area contributed by atoms with Crippen molar-refractivity contribution in [1.29, 1.82) is 0 Å². The minimum Gasteiger partial charge on any atom is -0.465 e. The smallest absolute Gasteiger partial charge is 0.418 e. The molecular formula is C23H27O4. The maximum absolute atomic E-state index is 12.7. The highest BCUT2D eigenvalue weighted by Crippen LogP contribution is 2.32.